The van der Waals surface area contributed by atoms with Crippen LogP contribution in [-0.2, 0) is 35.6 Å². The zero-order valence-electron chi connectivity index (χ0n) is 16.8. The van der Waals surface area contributed by atoms with Gasteiger partial charge >= 0.3 is 0 Å². The van der Waals surface area contributed by atoms with E-state index in [-0.39, 0.29) is 24.1 Å². The summed E-state index contributed by atoms with van der Waals surface area (Å²) < 4.78 is 0. The Morgan fingerprint density at radius 2 is 1.80 bits per heavy atom. The minimum atomic E-state index is -0.588. The highest BCUT2D eigenvalue weighted by atomic mass is 16.2. The van der Waals surface area contributed by atoms with Crippen molar-refractivity contribution >= 4 is 17.7 Å². The van der Waals surface area contributed by atoms with Crippen molar-refractivity contribution in [3.63, 3.8) is 0 Å². The topological polar surface area (TPSA) is 105 Å². The Hall–Kier alpha value is -3.03. The molecule has 4 N–H and O–H groups in total. The van der Waals surface area contributed by atoms with E-state index in [0.717, 1.165) is 24.1 Å². The van der Waals surface area contributed by atoms with E-state index in [1.807, 2.05) is 18.2 Å². The molecule has 3 amide bonds. The molecule has 2 aliphatic rings. The maximum atomic E-state index is 12.9. The largest absolute Gasteiger partial charge is 0.330 e. The summed E-state index contributed by atoms with van der Waals surface area (Å²) in [5.74, 6) is -0.802. The number of nitrogens with zero attached hydrogens (tertiary/aromatic N) is 1. The van der Waals surface area contributed by atoms with E-state index < -0.39 is 6.04 Å². The Labute approximate surface area is 175 Å². The molecule has 30 heavy (non-hydrogen) atoms. The predicted molar refractivity (Wildman–Crippen MR) is 112 cm³/mol. The Balaban J connectivity index is 1.41. The fraction of sp³-hybridized carbons (Fsp3) is 0.348. The van der Waals surface area contributed by atoms with E-state index in [4.69, 9.17) is 5.73 Å². The molecule has 1 unspecified atom stereocenters. The molecule has 2 aliphatic heterocycles. The number of fused-ring (bicyclic) bond motifs is 1. The summed E-state index contributed by atoms with van der Waals surface area (Å²) in [7, 11) is 0. The standard InChI is InChI=1S/C23H26N4O3/c24-11-10-15-4-6-16(7-5-15)12-25-13-17-2-1-3-18-19(17)14-27(23(18)30)20-8-9-21(28)26-22(20)29/h1-7,20,25H,8-14,24H2,(H,26,28,29). The van der Waals surface area contributed by atoms with Crippen LogP contribution in [-0.4, -0.2) is 35.2 Å². The number of carbonyl (C=O) groups excluding carboxylic acids is 3. The maximum absolute atomic E-state index is 12.9. The van der Waals surface area contributed by atoms with Crippen LogP contribution in [0.5, 0.6) is 0 Å². The molecule has 0 aliphatic carbocycles. The molecule has 1 saturated heterocycles. The number of rotatable bonds is 7. The van der Waals surface area contributed by atoms with Crippen LogP contribution in [0.1, 0.15) is 45.5 Å². The first-order valence-electron chi connectivity index (χ1n) is 10.3. The van der Waals surface area contributed by atoms with Gasteiger partial charge in [-0.1, -0.05) is 36.4 Å². The highest BCUT2D eigenvalue weighted by Crippen LogP contribution is 2.29. The summed E-state index contributed by atoms with van der Waals surface area (Å²) in [5.41, 5.74) is 10.7. The second-order valence-electron chi connectivity index (χ2n) is 7.80. The smallest absolute Gasteiger partial charge is 0.255 e. The van der Waals surface area contributed by atoms with Crippen LogP contribution < -0.4 is 16.4 Å². The van der Waals surface area contributed by atoms with Crippen molar-refractivity contribution < 1.29 is 14.4 Å². The third kappa shape index (κ3) is 4.13. The molecule has 2 aromatic rings. The number of hydrogen-bond donors (Lipinski definition) is 3. The summed E-state index contributed by atoms with van der Waals surface area (Å²) >= 11 is 0. The molecule has 0 bridgehead atoms. The van der Waals surface area contributed by atoms with E-state index in [1.165, 1.54) is 11.1 Å². The highest BCUT2D eigenvalue weighted by molar-refractivity contribution is 6.05. The third-order valence-electron chi connectivity index (χ3n) is 5.78. The van der Waals surface area contributed by atoms with Gasteiger partial charge in [0.2, 0.25) is 11.8 Å². The molecule has 156 valence electrons. The second kappa shape index (κ2) is 8.77. The van der Waals surface area contributed by atoms with Crippen LogP contribution in [0.2, 0.25) is 0 Å². The lowest BCUT2D eigenvalue weighted by Crippen LogP contribution is -2.52. The number of carbonyl (C=O) groups is 3. The Kier molecular flexibility index (Phi) is 5.92. The zero-order chi connectivity index (χ0) is 21.1. The first-order chi connectivity index (χ1) is 14.6. The van der Waals surface area contributed by atoms with E-state index >= 15 is 0 Å². The average Bonchev–Trinajstić information content (AvgIpc) is 3.07. The molecule has 4 rings (SSSR count). The fourth-order valence-corrected chi connectivity index (χ4v) is 4.15. The van der Waals surface area contributed by atoms with E-state index in [1.54, 1.807) is 4.90 Å². The van der Waals surface area contributed by atoms with Crippen LogP contribution in [0.25, 0.3) is 0 Å². The summed E-state index contributed by atoms with van der Waals surface area (Å²) in [4.78, 5) is 38.1. The van der Waals surface area contributed by atoms with Gasteiger partial charge in [0.25, 0.3) is 5.91 Å². The van der Waals surface area contributed by atoms with Crippen LogP contribution >= 0.6 is 0 Å². The molecule has 0 saturated carbocycles. The quantitative estimate of drug-likeness (QED) is 0.600. The van der Waals surface area contributed by atoms with Gasteiger partial charge in [0, 0.05) is 31.6 Å². The van der Waals surface area contributed by atoms with Gasteiger partial charge in [-0.25, -0.2) is 0 Å². The lowest BCUT2D eigenvalue weighted by molar-refractivity contribution is -0.136. The summed E-state index contributed by atoms with van der Waals surface area (Å²) in [6, 6.07) is 13.5. The van der Waals surface area contributed by atoms with E-state index in [2.05, 4.69) is 34.9 Å². The van der Waals surface area contributed by atoms with Crippen molar-refractivity contribution in [1.29, 1.82) is 0 Å². The van der Waals surface area contributed by atoms with Gasteiger partial charge in [-0.15, -0.1) is 0 Å². The summed E-state index contributed by atoms with van der Waals surface area (Å²) in [6.07, 6.45) is 1.51. The number of hydrogen-bond acceptors (Lipinski definition) is 5. The number of benzene rings is 2. The van der Waals surface area contributed by atoms with E-state index in [0.29, 0.717) is 31.6 Å². The van der Waals surface area contributed by atoms with Crippen LogP contribution in [0.3, 0.4) is 0 Å². The normalized spacial score (nSPS) is 18.5. The monoisotopic (exact) mass is 406 g/mol. The van der Waals surface area contributed by atoms with Gasteiger partial charge in [0.15, 0.2) is 0 Å². The number of piperidine rings is 1. The van der Waals surface area contributed by atoms with Crippen LogP contribution in [0, 0.1) is 0 Å². The minimum absolute atomic E-state index is 0.142. The molecular weight excluding hydrogens is 380 g/mol. The number of nitrogens with one attached hydrogen (secondary N) is 2. The summed E-state index contributed by atoms with van der Waals surface area (Å²) in [6.45, 7) is 2.39. The minimum Gasteiger partial charge on any atom is -0.330 e. The van der Waals surface area contributed by atoms with Crippen LogP contribution in [0.4, 0.5) is 0 Å². The van der Waals surface area contributed by atoms with Gasteiger partial charge in [-0.2, -0.15) is 0 Å². The lowest BCUT2D eigenvalue weighted by Gasteiger charge is -2.29. The molecule has 7 nitrogen and oxygen atoms in total. The second-order valence-corrected chi connectivity index (χ2v) is 7.80. The lowest BCUT2D eigenvalue weighted by atomic mass is 10.0. The fourth-order valence-electron chi connectivity index (χ4n) is 4.15. The van der Waals surface area contributed by atoms with Crippen molar-refractivity contribution in [1.82, 2.24) is 15.5 Å². The Morgan fingerprint density at radius 3 is 2.53 bits per heavy atom. The molecule has 1 atom stereocenters. The average molecular weight is 406 g/mol. The van der Waals surface area contributed by atoms with Gasteiger partial charge in [-0.05, 0) is 47.7 Å². The molecule has 0 radical (unpaired) electrons. The van der Waals surface area contributed by atoms with Gasteiger partial charge in [0.1, 0.15) is 6.04 Å². The van der Waals surface area contributed by atoms with Crippen molar-refractivity contribution in [3.8, 4) is 0 Å². The highest BCUT2D eigenvalue weighted by Gasteiger charge is 2.39. The Bertz CT molecular complexity index is 971. The predicted octanol–water partition coefficient (Wildman–Crippen LogP) is 1.24. The Morgan fingerprint density at radius 1 is 1.03 bits per heavy atom. The molecule has 7 heteroatoms. The first kappa shape index (κ1) is 20.3. The maximum Gasteiger partial charge on any atom is 0.255 e. The molecule has 1 fully saturated rings. The van der Waals surface area contributed by atoms with Crippen molar-refractivity contribution in [2.24, 2.45) is 5.73 Å². The molecule has 2 heterocycles. The van der Waals surface area contributed by atoms with Crippen molar-refractivity contribution in [2.45, 2.75) is 44.9 Å². The number of amides is 3. The first-order valence-corrected chi connectivity index (χ1v) is 10.3. The molecular formula is C23H26N4O3. The van der Waals surface area contributed by atoms with Crippen molar-refractivity contribution in [2.75, 3.05) is 6.54 Å². The summed E-state index contributed by atoms with van der Waals surface area (Å²) in [5, 5.41) is 5.79. The van der Waals surface area contributed by atoms with Gasteiger partial charge < -0.3 is 16.0 Å². The van der Waals surface area contributed by atoms with Gasteiger partial charge in [-0.3, -0.25) is 19.7 Å². The van der Waals surface area contributed by atoms with Gasteiger partial charge in [0.05, 0.1) is 0 Å². The molecule has 2 aromatic carbocycles. The number of imide groups is 1. The molecule has 0 spiro atoms. The van der Waals surface area contributed by atoms with Crippen molar-refractivity contribution in [3.05, 3.63) is 70.3 Å². The van der Waals surface area contributed by atoms with E-state index in [9.17, 15) is 14.4 Å². The third-order valence-corrected chi connectivity index (χ3v) is 5.78. The SMILES string of the molecule is NCCc1ccc(CNCc2cccc3c2CN(C2CCC(=O)NC2=O)C3=O)cc1. The zero-order valence-corrected chi connectivity index (χ0v) is 16.8. The molecule has 0 aromatic heterocycles. The van der Waals surface area contributed by atoms with Crippen LogP contribution in [0.15, 0.2) is 42.5 Å². The number of nitrogens with two attached hydrogens (primary N) is 1.